The van der Waals surface area contributed by atoms with Crippen molar-refractivity contribution in [3.8, 4) is 0 Å². The maximum absolute atomic E-state index is 12.5. The van der Waals surface area contributed by atoms with Crippen LogP contribution in [-0.4, -0.2) is 41.0 Å². The molecule has 1 aliphatic rings. The van der Waals surface area contributed by atoms with Crippen molar-refractivity contribution in [2.24, 2.45) is 0 Å². The van der Waals surface area contributed by atoms with Gasteiger partial charge in [-0.05, 0) is 33.6 Å². The second-order valence-electron chi connectivity index (χ2n) is 5.75. The summed E-state index contributed by atoms with van der Waals surface area (Å²) in [6, 6.07) is 0.166. The van der Waals surface area contributed by atoms with Crippen LogP contribution in [0, 0.1) is 0 Å². The summed E-state index contributed by atoms with van der Waals surface area (Å²) in [5, 5.41) is 0. The first kappa shape index (κ1) is 14.1. The third-order valence-electron chi connectivity index (χ3n) is 3.23. The Kier molecular flexibility index (Phi) is 5.03. The molecule has 0 radical (unpaired) electrons. The molecule has 98 valence electrons. The van der Waals surface area contributed by atoms with Gasteiger partial charge < -0.3 is 9.80 Å². The summed E-state index contributed by atoms with van der Waals surface area (Å²) < 4.78 is 0. The van der Waals surface area contributed by atoms with Crippen molar-refractivity contribution in [1.29, 1.82) is 0 Å². The SMILES string of the molecule is C=CCN(C(=O)N1CCCCCC1)C(C)(C)C. The monoisotopic (exact) mass is 238 g/mol. The van der Waals surface area contributed by atoms with Crippen LogP contribution in [-0.2, 0) is 0 Å². The van der Waals surface area contributed by atoms with Crippen LogP contribution in [0.15, 0.2) is 12.7 Å². The lowest BCUT2D eigenvalue weighted by Crippen LogP contribution is -2.52. The smallest absolute Gasteiger partial charge is 0.320 e. The van der Waals surface area contributed by atoms with E-state index >= 15 is 0 Å². The molecule has 1 saturated heterocycles. The highest BCUT2D eigenvalue weighted by molar-refractivity contribution is 5.75. The Hall–Kier alpha value is -0.990. The van der Waals surface area contributed by atoms with Gasteiger partial charge in [0.15, 0.2) is 0 Å². The van der Waals surface area contributed by atoms with Gasteiger partial charge in [-0.2, -0.15) is 0 Å². The summed E-state index contributed by atoms with van der Waals surface area (Å²) in [4.78, 5) is 16.4. The van der Waals surface area contributed by atoms with Crippen LogP contribution >= 0.6 is 0 Å². The number of carbonyl (C=O) groups is 1. The van der Waals surface area contributed by atoms with E-state index in [4.69, 9.17) is 0 Å². The maximum Gasteiger partial charge on any atom is 0.320 e. The van der Waals surface area contributed by atoms with Gasteiger partial charge in [0.1, 0.15) is 0 Å². The number of hydrogen-bond donors (Lipinski definition) is 0. The van der Waals surface area contributed by atoms with Crippen molar-refractivity contribution in [3.05, 3.63) is 12.7 Å². The summed E-state index contributed by atoms with van der Waals surface area (Å²) >= 11 is 0. The van der Waals surface area contributed by atoms with Crippen LogP contribution in [0.5, 0.6) is 0 Å². The van der Waals surface area contributed by atoms with E-state index in [0.29, 0.717) is 6.54 Å². The van der Waals surface area contributed by atoms with Crippen LogP contribution in [0.25, 0.3) is 0 Å². The molecule has 0 N–H and O–H groups in total. The number of hydrogen-bond acceptors (Lipinski definition) is 1. The first-order chi connectivity index (χ1) is 7.96. The van der Waals surface area contributed by atoms with Crippen molar-refractivity contribution in [1.82, 2.24) is 9.80 Å². The van der Waals surface area contributed by atoms with Gasteiger partial charge >= 0.3 is 6.03 Å². The summed E-state index contributed by atoms with van der Waals surface area (Å²) in [7, 11) is 0. The lowest BCUT2D eigenvalue weighted by Gasteiger charge is -2.38. The first-order valence-corrected chi connectivity index (χ1v) is 6.64. The van der Waals surface area contributed by atoms with E-state index in [1.807, 2.05) is 9.80 Å². The minimum Gasteiger partial charge on any atom is -0.325 e. The van der Waals surface area contributed by atoms with E-state index < -0.39 is 0 Å². The Morgan fingerprint density at radius 1 is 1.24 bits per heavy atom. The van der Waals surface area contributed by atoms with E-state index in [9.17, 15) is 4.79 Å². The van der Waals surface area contributed by atoms with Crippen LogP contribution < -0.4 is 0 Å². The molecule has 0 unspecified atom stereocenters. The van der Waals surface area contributed by atoms with Gasteiger partial charge in [-0.15, -0.1) is 6.58 Å². The van der Waals surface area contributed by atoms with Gasteiger partial charge in [0, 0.05) is 25.2 Å². The number of urea groups is 1. The van der Waals surface area contributed by atoms with Gasteiger partial charge in [-0.25, -0.2) is 4.79 Å². The van der Waals surface area contributed by atoms with Gasteiger partial charge in [-0.3, -0.25) is 0 Å². The van der Waals surface area contributed by atoms with Crippen molar-refractivity contribution in [3.63, 3.8) is 0 Å². The molecular weight excluding hydrogens is 212 g/mol. The van der Waals surface area contributed by atoms with Gasteiger partial charge in [0.25, 0.3) is 0 Å². The molecule has 0 aromatic heterocycles. The Labute approximate surface area is 105 Å². The number of carbonyl (C=O) groups excluding carboxylic acids is 1. The van der Waals surface area contributed by atoms with E-state index in [1.54, 1.807) is 6.08 Å². The third kappa shape index (κ3) is 4.06. The van der Waals surface area contributed by atoms with E-state index in [0.717, 1.165) is 25.9 Å². The highest BCUT2D eigenvalue weighted by atomic mass is 16.2. The number of nitrogens with zero attached hydrogens (tertiary/aromatic N) is 2. The zero-order chi connectivity index (χ0) is 12.9. The predicted molar refractivity (Wildman–Crippen MR) is 72.1 cm³/mol. The average Bonchev–Trinajstić information content (AvgIpc) is 2.51. The molecule has 0 atom stereocenters. The number of amides is 2. The third-order valence-corrected chi connectivity index (χ3v) is 3.23. The average molecular weight is 238 g/mol. The quantitative estimate of drug-likeness (QED) is 0.677. The second kappa shape index (κ2) is 6.08. The molecular formula is C14H26N2O. The molecule has 0 spiro atoms. The van der Waals surface area contributed by atoms with Crippen molar-refractivity contribution < 1.29 is 4.79 Å². The predicted octanol–water partition coefficient (Wildman–Crippen LogP) is 3.27. The summed E-state index contributed by atoms with van der Waals surface area (Å²) in [5.74, 6) is 0. The minimum absolute atomic E-state index is 0.141. The minimum atomic E-state index is -0.141. The molecule has 17 heavy (non-hydrogen) atoms. The molecule has 0 aliphatic carbocycles. The summed E-state index contributed by atoms with van der Waals surface area (Å²) in [6.07, 6.45) is 6.58. The van der Waals surface area contributed by atoms with Crippen molar-refractivity contribution in [2.75, 3.05) is 19.6 Å². The van der Waals surface area contributed by atoms with Crippen LogP contribution in [0.1, 0.15) is 46.5 Å². The molecule has 1 heterocycles. The second-order valence-corrected chi connectivity index (χ2v) is 5.75. The lowest BCUT2D eigenvalue weighted by atomic mass is 10.1. The molecule has 1 fully saturated rings. The summed E-state index contributed by atoms with van der Waals surface area (Å²) in [5.41, 5.74) is -0.141. The zero-order valence-electron chi connectivity index (χ0n) is 11.5. The molecule has 1 rings (SSSR count). The maximum atomic E-state index is 12.5. The van der Waals surface area contributed by atoms with Crippen molar-refractivity contribution >= 4 is 6.03 Å². The topological polar surface area (TPSA) is 23.6 Å². The van der Waals surface area contributed by atoms with Crippen LogP contribution in [0.2, 0.25) is 0 Å². The fourth-order valence-electron chi connectivity index (χ4n) is 2.20. The van der Waals surface area contributed by atoms with E-state index in [1.165, 1.54) is 12.8 Å². The molecule has 3 nitrogen and oxygen atoms in total. The van der Waals surface area contributed by atoms with Gasteiger partial charge in [0.05, 0.1) is 0 Å². The van der Waals surface area contributed by atoms with Crippen molar-refractivity contribution in [2.45, 2.75) is 52.0 Å². The van der Waals surface area contributed by atoms with Gasteiger partial charge in [-0.1, -0.05) is 18.9 Å². The van der Waals surface area contributed by atoms with E-state index in [2.05, 4.69) is 27.4 Å². The van der Waals surface area contributed by atoms with Crippen LogP contribution in [0.4, 0.5) is 4.79 Å². The number of rotatable bonds is 2. The fraction of sp³-hybridized carbons (Fsp3) is 0.786. The molecule has 3 heteroatoms. The summed E-state index contributed by atoms with van der Waals surface area (Å²) in [6.45, 7) is 12.4. The van der Waals surface area contributed by atoms with Crippen LogP contribution in [0.3, 0.4) is 0 Å². The number of likely N-dealkylation sites (tertiary alicyclic amines) is 1. The Morgan fingerprint density at radius 2 is 1.76 bits per heavy atom. The molecule has 1 aliphatic heterocycles. The Balaban J connectivity index is 2.72. The fourth-order valence-corrected chi connectivity index (χ4v) is 2.20. The molecule has 0 bridgehead atoms. The standard InChI is InChI=1S/C14H26N2O/c1-5-10-16(14(2,3)4)13(17)15-11-8-6-7-9-12-15/h5H,1,6-12H2,2-4H3. The molecule has 0 aromatic rings. The van der Waals surface area contributed by atoms with E-state index in [-0.39, 0.29) is 11.6 Å². The normalized spacial score (nSPS) is 17.5. The largest absolute Gasteiger partial charge is 0.325 e. The van der Waals surface area contributed by atoms with Gasteiger partial charge in [0.2, 0.25) is 0 Å². The highest BCUT2D eigenvalue weighted by Gasteiger charge is 2.29. The highest BCUT2D eigenvalue weighted by Crippen LogP contribution is 2.18. The molecule has 0 saturated carbocycles. The lowest BCUT2D eigenvalue weighted by molar-refractivity contribution is 0.118. The molecule has 0 aromatic carbocycles. The Morgan fingerprint density at radius 3 is 2.18 bits per heavy atom. The first-order valence-electron chi connectivity index (χ1n) is 6.64. The zero-order valence-corrected chi connectivity index (χ0v) is 11.5. The Bertz CT molecular complexity index is 260. The molecule has 2 amide bonds.